The minimum absolute atomic E-state index is 0.00704. The third kappa shape index (κ3) is 6.06. The first-order valence-electron chi connectivity index (χ1n) is 9.23. The van der Waals surface area contributed by atoms with E-state index >= 15 is 0 Å². The summed E-state index contributed by atoms with van der Waals surface area (Å²) in [4.78, 5) is 38.3. The van der Waals surface area contributed by atoms with Crippen molar-refractivity contribution in [2.75, 3.05) is 26.3 Å². The molecule has 0 radical (unpaired) electrons. The fourth-order valence-electron chi connectivity index (χ4n) is 2.54. The molecule has 3 amide bonds. The maximum atomic E-state index is 12.4. The Morgan fingerprint density at radius 2 is 1.70 bits per heavy atom. The largest absolute Gasteiger partial charge is 0.378 e. The Labute approximate surface area is 160 Å². The van der Waals surface area contributed by atoms with E-state index in [1.54, 1.807) is 44.7 Å². The second kappa shape index (κ2) is 8.99. The Balaban J connectivity index is 1.84. The van der Waals surface area contributed by atoms with Gasteiger partial charge in [-0.25, -0.2) is 0 Å². The molecule has 2 rings (SSSR count). The van der Waals surface area contributed by atoms with Gasteiger partial charge < -0.3 is 20.3 Å². The molecule has 1 atom stereocenters. The van der Waals surface area contributed by atoms with Gasteiger partial charge in [0.25, 0.3) is 5.91 Å². The number of hydrogen-bond donors (Lipinski definition) is 2. The molecule has 0 spiro atoms. The van der Waals surface area contributed by atoms with Gasteiger partial charge in [0.05, 0.1) is 13.2 Å². The number of morpholine rings is 1. The summed E-state index contributed by atoms with van der Waals surface area (Å²) in [7, 11) is 0. The van der Waals surface area contributed by atoms with E-state index in [0.717, 1.165) is 5.56 Å². The lowest BCUT2D eigenvalue weighted by Crippen LogP contribution is -2.48. The Morgan fingerprint density at radius 1 is 1.11 bits per heavy atom. The van der Waals surface area contributed by atoms with E-state index < -0.39 is 11.5 Å². The van der Waals surface area contributed by atoms with Crippen LogP contribution in [0.2, 0.25) is 0 Å². The molecule has 0 bridgehead atoms. The van der Waals surface area contributed by atoms with Crippen molar-refractivity contribution in [3.8, 4) is 0 Å². The Bertz CT molecular complexity index is 673. The molecule has 1 aromatic rings. The average Bonchev–Trinajstić information content (AvgIpc) is 2.65. The van der Waals surface area contributed by atoms with Crippen LogP contribution < -0.4 is 10.6 Å². The zero-order valence-corrected chi connectivity index (χ0v) is 16.5. The highest BCUT2D eigenvalue weighted by Gasteiger charge is 2.25. The van der Waals surface area contributed by atoms with Crippen LogP contribution in [0.25, 0.3) is 0 Å². The molecule has 148 valence electrons. The number of benzene rings is 1. The van der Waals surface area contributed by atoms with E-state index in [2.05, 4.69) is 10.6 Å². The number of rotatable bonds is 5. The molecule has 1 aliphatic rings. The van der Waals surface area contributed by atoms with Gasteiger partial charge in [0, 0.05) is 30.6 Å². The zero-order chi connectivity index (χ0) is 20.0. The summed E-state index contributed by atoms with van der Waals surface area (Å²) in [5.74, 6) is -0.426. The topological polar surface area (TPSA) is 87.7 Å². The number of nitrogens with one attached hydrogen (secondary N) is 2. The van der Waals surface area contributed by atoms with Crippen molar-refractivity contribution < 1.29 is 19.1 Å². The molecule has 2 N–H and O–H groups in total. The summed E-state index contributed by atoms with van der Waals surface area (Å²) in [6.07, 6.45) is 0. The predicted molar refractivity (Wildman–Crippen MR) is 102 cm³/mol. The lowest BCUT2D eigenvalue weighted by molar-refractivity contribution is -0.133. The van der Waals surface area contributed by atoms with E-state index in [1.807, 2.05) is 12.1 Å². The average molecular weight is 375 g/mol. The van der Waals surface area contributed by atoms with Crippen molar-refractivity contribution in [2.24, 2.45) is 5.41 Å². The van der Waals surface area contributed by atoms with E-state index in [9.17, 15) is 14.4 Å². The van der Waals surface area contributed by atoms with Crippen LogP contribution in [0.3, 0.4) is 0 Å². The number of carbonyl (C=O) groups is 3. The zero-order valence-electron chi connectivity index (χ0n) is 16.5. The normalized spacial score (nSPS) is 15.8. The van der Waals surface area contributed by atoms with Crippen LogP contribution in [-0.4, -0.2) is 55.0 Å². The maximum absolute atomic E-state index is 12.4. The van der Waals surface area contributed by atoms with Gasteiger partial charge in [0.1, 0.15) is 6.04 Å². The first kappa shape index (κ1) is 20.9. The molecule has 0 saturated carbocycles. The van der Waals surface area contributed by atoms with Crippen LogP contribution in [-0.2, 0) is 20.9 Å². The van der Waals surface area contributed by atoms with E-state index in [1.165, 1.54) is 0 Å². The number of hydrogen-bond acceptors (Lipinski definition) is 4. The number of nitrogens with zero attached hydrogens (tertiary/aromatic N) is 1. The van der Waals surface area contributed by atoms with Gasteiger partial charge in [-0.1, -0.05) is 32.9 Å². The van der Waals surface area contributed by atoms with Crippen molar-refractivity contribution in [3.05, 3.63) is 35.4 Å². The highest BCUT2D eigenvalue weighted by molar-refractivity contribution is 5.94. The number of carbonyl (C=O) groups excluding carboxylic acids is 3. The van der Waals surface area contributed by atoms with E-state index in [0.29, 0.717) is 38.4 Å². The van der Waals surface area contributed by atoms with Crippen molar-refractivity contribution >= 4 is 17.7 Å². The Hall–Kier alpha value is -2.41. The quantitative estimate of drug-likeness (QED) is 0.813. The minimum atomic E-state index is -0.612. The summed E-state index contributed by atoms with van der Waals surface area (Å²) < 4.78 is 5.26. The molecule has 1 aliphatic heterocycles. The number of ether oxygens (including phenoxy) is 1. The van der Waals surface area contributed by atoms with Gasteiger partial charge in [-0.05, 0) is 24.6 Å². The molecule has 0 aromatic heterocycles. The van der Waals surface area contributed by atoms with Gasteiger partial charge in [-0.3, -0.25) is 14.4 Å². The maximum Gasteiger partial charge on any atom is 0.254 e. The molecule has 0 unspecified atom stereocenters. The van der Waals surface area contributed by atoms with Gasteiger partial charge in [-0.15, -0.1) is 0 Å². The molecule has 7 heteroatoms. The third-order valence-corrected chi connectivity index (χ3v) is 4.39. The van der Waals surface area contributed by atoms with Crippen LogP contribution in [0.5, 0.6) is 0 Å². The second-order valence-electron chi connectivity index (χ2n) is 7.76. The fourth-order valence-corrected chi connectivity index (χ4v) is 2.54. The second-order valence-corrected chi connectivity index (χ2v) is 7.76. The fraction of sp³-hybridized carbons (Fsp3) is 0.550. The van der Waals surface area contributed by atoms with E-state index in [4.69, 9.17) is 4.74 Å². The standard InChI is InChI=1S/C20H29N3O4/c1-14(22-19(26)20(2,3)4)17(24)21-13-15-5-7-16(8-6-15)18(25)23-9-11-27-12-10-23/h5-8,14H,9-13H2,1-4H3,(H,21,24)(H,22,26)/t14-/m1/s1. The molecular formula is C20H29N3O4. The van der Waals surface area contributed by atoms with Crippen molar-refractivity contribution in [1.82, 2.24) is 15.5 Å². The molecular weight excluding hydrogens is 346 g/mol. The lowest BCUT2D eigenvalue weighted by Gasteiger charge is -2.26. The third-order valence-electron chi connectivity index (χ3n) is 4.39. The molecule has 7 nitrogen and oxygen atoms in total. The van der Waals surface area contributed by atoms with Gasteiger partial charge in [0.2, 0.25) is 11.8 Å². The summed E-state index contributed by atoms with van der Waals surface area (Å²) in [5.41, 5.74) is 0.964. The molecule has 1 saturated heterocycles. The summed E-state index contributed by atoms with van der Waals surface area (Å²) in [6, 6.07) is 6.58. The molecule has 0 aliphatic carbocycles. The summed E-state index contributed by atoms with van der Waals surface area (Å²) in [5, 5.41) is 5.51. The minimum Gasteiger partial charge on any atom is -0.378 e. The van der Waals surface area contributed by atoms with Crippen LogP contribution in [0.15, 0.2) is 24.3 Å². The molecule has 1 aromatic carbocycles. The van der Waals surface area contributed by atoms with Crippen LogP contribution >= 0.6 is 0 Å². The van der Waals surface area contributed by atoms with Crippen LogP contribution in [0.4, 0.5) is 0 Å². The SMILES string of the molecule is C[C@@H](NC(=O)C(C)(C)C)C(=O)NCc1ccc(C(=O)N2CCOCC2)cc1. The molecule has 1 fully saturated rings. The van der Waals surface area contributed by atoms with Crippen molar-refractivity contribution in [1.29, 1.82) is 0 Å². The lowest BCUT2D eigenvalue weighted by atomic mass is 9.95. The monoisotopic (exact) mass is 375 g/mol. The Kier molecular flexibility index (Phi) is 6.96. The Morgan fingerprint density at radius 3 is 2.26 bits per heavy atom. The predicted octanol–water partition coefficient (Wildman–Crippen LogP) is 1.33. The van der Waals surface area contributed by atoms with Crippen LogP contribution in [0.1, 0.15) is 43.6 Å². The molecule has 27 heavy (non-hydrogen) atoms. The summed E-state index contributed by atoms with van der Waals surface area (Å²) >= 11 is 0. The number of amides is 3. The van der Waals surface area contributed by atoms with E-state index in [-0.39, 0.29) is 17.7 Å². The first-order valence-corrected chi connectivity index (χ1v) is 9.23. The first-order chi connectivity index (χ1) is 12.7. The van der Waals surface area contributed by atoms with Crippen molar-refractivity contribution in [2.45, 2.75) is 40.3 Å². The van der Waals surface area contributed by atoms with Crippen LogP contribution in [0, 0.1) is 5.41 Å². The summed E-state index contributed by atoms with van der Waals surface area (Å²) in [6.45, 7) is 9.74. The van der Waals surface area contributed by atoms with Gasteiger partial charge >= 0.3 is 0 Å². The smallest absolute Gasteiger partial charge is 0.254 e. The van der Waals surface area contributed by atoms with Gasteiger partial charge in [-0.2, -0.15) is 0 Å². The van der Waals surface area contributed by atoms with Crippen molar-refractivity contribution in [3.63, 3.8) is 0 Å². The highest BCUT2D eigenvalue weighted by atomic mass is 16.5. The van der Waals surface area contributed by atoms with Gasteiger partial charge in [0.15, 0.2) is 0 Å². The molecule has 1 heterocycles. The highest BCUT2D eigenvalue weighted by Crippen LogP contribution is 2.13.